The van der Waals surface area contributed by atoms with Gasteiger partial charge in [0.2, 0.25) is 5.95 Å². The fraction of sp³-hybridized carbons (Fsp3) is 0.583. The number of hydrogen-bond acceptors (Lipinski definition) is 7. The predicted molar refractivity (Wildman–Crippen MR) is 74.1 cm³/mol. The molecule has 1 fully saturated rings. The van der Waals surface area contributed by atoms with Crippen molar-refractivity contribution in [2.45, 2.75) is 12.5 Å². The molecule has 1 aliphatic rings. The molecule has 0 bridgehead atoms. The normalized spacial score (nSPS) is 23.4. The number of nitrogens with zero attached hydrogens (tertiary/aromatic N) is 5. The molecule has 1 aliphatic heterocycles. The zero-order valence-electron chi connectivity index (χ0n) is 11.3. The van der Waals surface area contributed by atoms with Gasteiger partial charge in [-0.3, -0.25) is 4.68 Å². The van der Waals surface area contributed by atoms with E-state index < -0.39 is 6.10 Å². The van der Waals surface area contributed by atoms with Crippen LogP contribution in [0.2, 0.25) is 0 Å². The molecule has 108 valence electrons. The highest BCUT2D eigenvalue weighted by molar-refractivity contribution is 5.86. The quantitative estimate of drug-likeness (QED) is 0.654. The summed E-state index contributed by atoms with van der Waals surface area (Å²) in [6.45, 7) is 1.10. The van der Waals surface area contributed by atoms with E-state index in [1.54, 1.807) is 17.9 Å². The number of nitrogens with two attached hydrogens (primary N) is 1. The highest BCUT2D eigenvalue weighted by Gasteiger charge is 2.29. The number of anilines is 2. The number of nitrogen functional groups attached to an aromatic ring is 1. The van der Waals surface area contributed by atoms with Crippen molar-refractivity contribution in [2.75, 3.05) is 30.3 Å². The summed E-state index contributed by atoms with van der Waals surface area (Å²) in [5.74, 6) is 0.726. The van der Waals surface area contributed by atoms with Crippen molar-refractivity contribution in [3.05, 3.63) is 6.20 Å². The summed E-state index contributed by atoms with van der Waals surface area (Å²) < 4.78 is 1.65. The van der Waals surface area contributed by atoms with E-state index in [0.29, 0.717) is 36.9 Å². The molecule has 4 N–H and O–H groups in total. The molecule has 0 aromatic carbocycles. The van der Waals surface area contributed by atoms with Crippen LogP contribution in [0.3, 0.4) is 0 Å². The molecule has 0 unspecified atom stereocenters. The van der Waals surface area contributed by atoms with Crippen molar-refractivity contribution in [3.8, 4) is 0 Å². The Hall–Kier alpha value is -1.93. The molecule has 2 aromatic rings. The van der Waals surface area contributed by atoms with Crippen LogP contribution in [-0.2, 0) is 7.05 Å². The highest BCUT2D eigenvalue weighted by Crippen LogP contribution is 2.24. The highest BCUT2D eigenvalue weighted by atomic mass is 16.3. The topological polar surface area (TPSA) is 113 Å². The molecule has 3 rings (SSSR count). The lowest BCUT2D eigenvalue weighted by Gasteiger charge is -2.35. The second kappa shape index (κ2) is 4.88. The lowest BCUT2D eigenvalue weighted by Crippen LogP contribution is -2.45. The molecule has 8 nitrogen and oxygen atoms in total. The van der Waals surface area contributed by atoms with Gasteiger partial charge in [0.15, 0.2) is 5.65 Å². The minimum atomic E-state index is -0.478. The van der Waals surface area contributed by atoms with E-state index in [2.05, 4.69) is 15.1 Å². The smallest absolute Gasteiger partial charge is 0.229 e. The first-order chi connectivity index (χ1) is 9.60. The molecule has 0 saturated carbocycles. The van der Waals surface area contributed by atoms with Crippen molar-refractivity contribution in [2.24, 2.45) is 13.0 Å². The molecule has 8 heteroatoms. The van der Waals surface area contributed by atoms with Crippen LogP contribution in [0.5, 0.6) is 0 Å². The average Bonchev–Trinajstić information content (AvgIpc) is 2.82. The Morgan fingerprint density at radius 2 is 2.25 bits per heavy atom. The van der Waals surface area contributed by atoms with E-state index in [4.69, 9.17) is 5.73 Å². The average molecular weight is 278 g/mol. The third-order valence-electron chi connectivity index (χ3n) is 3.82. The Kier molecular flexibility index (Phi) is 3.19. The zero-order chi connectivity index (χ0) is 14.3. The van der Waals surface area contributed by atoms with Crippen molar-refractivity contribution in [1.29, 1.82) is 0 Å². The number of fused-ring (bicyclic) bond motifs is 1. The molecule has 0 aliphatic carbocycles. The second-order valence-electron chi connectivity index (χ2n) is 5.16. The van der Waals surface area contributed by atoms with Gasteiger partial charge in [-0.2, -0.15) is 15.1 Å². The van der Waals surface area contributed by atoms with Crippen LogP contribution in [0.15, 0.2) is 6.20 Å². The summed E-state index contributed by atoms with van der Waals surface area (Å²) in [5.41, 5.74) is 6.62. The van der Waals surface area contributed by atoms with E-state index >= 15 is 0 Å². The van der Waals surface area contributed by atoms with Gasteiger partial charge in [0.1, 0.15) is 5.82 Å². The van der Waals surface area contributed by atoms with Crippen LogP contribution in [0.25, 0.3) is 11.0 Å². The minimum absolute atomic E-state index is 0.0545. The third-order valence-corrected chi connectivity index (χ3v) is 3.82. The number of rotatable bonds is 2. The second-order valence-corrected chi connectivity index (χ2v) is 5.16. The Morgan fingerprint density at radius 3 is 3.00 bits per heavy atom. The SMILES string of the molecule is Cn1ncc2c(N)nc(N3CC[C@H](O)[C@H](CO)C3)nc21. The third kappa shape index (κ3) is 2.06. The van der Waals surface area contributed by atoms with Crippen LogP contribution in [0.4, 0.5) is 11.8 Å². The minimum Gasteiger partial charge on any atom is -0.396 e. The van der Waals surface area contributed by atoms with Gasteiger partial charge in [-0.15, -0.1) is 0 Å². The Balaban J connectivity index is 1.96. The lowest BCUT2D eigenvalue weighted by molar-refractivity contribution is 0.0522. The van der Waals surface area contributed by atoms with Gasteiger partial charge in [-0.1, -0.05) is 0 Å². The van der Waals surface area contributed by atoms with Gasteiger partial charge in [0.05, 0.1) is 24.3 Å². The largest absolute Gasteiger partial charge is 0.396 e. The monoisotopic (exact) mass is 278 g/mol. The number of piperidine rings is 1. The first-order valence-corrected chi connectivity index (χ1v) is 6.59. The number of aromatic nitrogens is 4. The number of aliphatic hydroxyl groups excluding tert-OH is 2. The van der Waals surface area contributed by atoms with E-state index in [-0.39, 0.29) is 12.5 Å². The maximum atomic E-state index is 9.80. The van der Waals surface area contributed by atoms with Gasteiger partial charge < -0.3 is 20.8 Å². The first kappa shape index (κ1) is 13.1. The first-order valence-electron chi connectivity index (χ1n) is 6.59. The molecule has 2 aromatic heterocycles. The van der Waals surface area contributed by atoms with Crippen molar-refractivity contribution in [1.82, 2.24) is 19.7 Å². The van der Waals surface area contributed by atoms with Gasteiger partial charge in [-0.25, -0.2) is 0 Å². The summed E-state index contributed by atoms with van der Waals surface area (Å²) in [5, 5.41) is 24.0. The molecule has 20 heavy (non-hydrogen) atoms. The Bertz CT molecular complexity index is 628. The van der Waals surface area contributed by atoms with Gasteiger partial charge >= 0.3 is 0 Å². The van der Waals surface area contributed by atoms with Crippen LogP contribution in [0.1, 0.15) is 6.42 Å². The predicted octanol–water partition coefficient (Wildman–Crippen LogP) is -0.875. The van der Waals surface area contributed by atoms with Crippen LogP contribution in [-0.4, -0.2) is 55.8 Å². The summed E-state index contributed by atoms with van der Waals surface area (Å²) in [6.07, 6.45) is 1.75. The zero-order valence-corrected chi connectivity index (χ0v) is 11.3. The van der Waals surface area contributed by atoms with Crippen LogP contribution in [0, 0.1) is 5.92 Å². The molecule has 0 amide bonds. The summed E-state index contributed by atoms with van der Waals surface area (Å²) in [6, 6.07) is 0. The molecule has 0 radical (unpaired) electrons. The molecule has 2 atom stereocenters. The van der Waals surface area contributed by atoms with Gasteiger partial charge in [0.25, 0.3) is 0 Å². The van der Waals surface area contributed by atoms with Gasteiger partial charge in [0, 0.05) is 26.1 Å². The lowest BCUT2D eigenvalue weighted by atomic mass is 9.96. The molecule has 0 spiro atoms. The number of hydrogen-bond donors (Lipinski definition) is 3. The fourth-order valence-corrected chi connectivity index (χ4v) is 2.55. The van der Waals surface area contributed by atoms with E-state index in [1.165, 1.54) is 0 Å². The summed E-state index contributed by atoms with van der Waals surface area (Å²) in [7, 11) is 1.80. The van der Waals surface area contributed by atoms with Crippen LogP contribution >= 0.6 is 0 Å². The fourth-order valence-electron chi connectivity index (χ4n) is 2.55. The summed E-state index contributed by atoms with van der Waals surface area (Å²) >= 11 is 0. The van der Waals surface area contributed by atoms with Gasteiger partial charge in [-0.05, 0) is 6.42 Å². The molecular formula is C12H18N6O2. The van der Waals surface area contributed by atoms with E-state index in [1.807, 2.05) is 4.90 Å². The summed E-state index contributed by atoms with van der Waals surface area (Å²) in [4.78, 5) is 10.7. The Labute approximate surface area is 115 Å². The maximum Gasteiger partial charge on any atom is 0.229 e. The molecular weight excluding hydrogens is 260 g/mol. The van der Waals surface area contributed by atoms with E-state index in [9.17, 15) is 10.2 Å². The van der Waals surface area contributed by atoms with Crippen LogP contribution < -0.4 is 10.6 Å². The number of aliphatic hydroxyl groups is 2. The number of aryl methyl sites for hydroxylation is 1. The van der Waals surface area contributed by atoms with Crippen molar-refractivity contribution in [3.63, 3.8) is 0 Å². The van der Waals surface area contributed by atoms with Crippen molar-refractivity contribution >= 4 is 22.8 Å². The standard InChI is InChI=1S/C12H18N6O2/c1-17-11-8(4-14-17)10(13)15-12(16-11)18-3-2-9(20)7(5-18)6-19/h4,7,9,19-20H,2-3,5-6H2,1H3,(H2,13,15,16)/t7-,9-/m0/s1. The van der Waals surface area contributed by atoms with Crippen molar-refractivity contribution < 1.29 is 10.2 Å². The molecule has 1 saturated heterocycles. The van der Waals surface area contributed by atoms with E-state index in [0.717, 1.165) is 5.39 Å². The maximum absolute atomic E-state index is 9.80. The Morgan fingerprint density at radius 1 is 1.45 bits per heavy atom. The molecule has 3 heterocycles.